The molecule has 0 spiro atoms. The Kier molecular flexibility index (Phi) is 5.45. The summed E-state index contributed by atoms with van der Waals surface area (Å²) in [4.78, 5) is 0. The molecule has 0 saturated carbocycles. The van der Waals surface area contributed by atoms with E-state index in [0.717, 1.165) is 18.8 Å². The number of sulfone groups is 1. The van der Waals surface area contributed by atoms with Gasteiger partial charge in [0.15, 0.2) is 9.84 Å². The Hall–Kier alpha value is -0.0900. The maximum atomic E-state index is 11.5. The summed E-state index contributed by atoms with van der Waals surface area (Å²) in [7, 11) is -0.793. The number of hydrogen-bond donors (Lipinski definition) is 1. The summed E-state index contributed by atoms with van der Waals surface area (Å²) in [6, 6.07) is 0.362. The summed E-state index contributed by atoms with van der Waals surface area (Å²) in [5.41, 5.74) is 0. The molecule has 0 bridgehead atoms. The Bertz CT molecular complexity index is 324. The lowest BCUT2D eigenvalue weighted by atomic mass is 9.87. The van der Waals surface area contributed by atoms with Gasteiger partial charge in [0.1, 0.15) is 0 Å². The fourth-order valence-electron chi connectivity index (χ4n) is 3.02. The molecule has 1 aliphatic heterocycles. The molecule has 3 unspecified atom stereocenters. The molecule has 0 aromatic heterocycles. The Labute approximate surface area is 106 Å². The minimum Gasteiger partial charge on any atom is -0.317 e. The second-order valence-electron chi connectivity index (χ2n) is 6.03. The van der Waals surface area contributed by atoms with Crippen molar-refractivity contribution < 1.29 is 8.42 Å². The van der Waals surface area contributed by atoms with E-state index in [0.29, 0.717) is 29.4 Å². The molecule has 3 nitrogen and oxygen atoms in total. The predicted octanol–water partition coefficient (Wildman–Crippen LogP) is 2.08. The minimum absolute atomic E-state index is 0.319. The first kappa shape index (κ1) is 15.0. The standard InChI is InChI=1S/C13H27NO2S/c1-10(2)7-11(3)8-13(14-4)12-5-6-17(15,16)9-12/h10-14H,5-9H2,1-4H3. The van der Waals surface area contributed by atoms with Gasteiger partial charge in [-0.15, -0.1) is 0 Å². The van der Waals surface area contributed by atoms with Crippen LogP contribution in [-0.4, -0.2) is 33.0 Å². The van der Waals surface area contributed by atoms with Crippen molar-refractivity contribution in [3.8, 4) is 0 Å². The van der Waals surface area contributed by atoms with Crippen LogP contribution in [0.3, 0.4) is 0 Å². The number of nitrogens with one attached hydrogen (secondary N) is 1. The molecule has 102 valence electrons. The van der Waals surface area contributed by atoms with E-state index in [9.17, 15) is 8.42 Å². The lowest BCUT2D eigenvalue weighted by Gasteiger charge is -2.26. The van der Waals surface area contributed by atoms with Crippen molar-refractivity contribution in [3.05, 3.63) is 0 Å². The third-order valence-corrected chi connectivity index (χ3v) is 5.53. The summed E-state index contributed by atoms with van der Waals surface area (Å²) >= 11 is 0. The van der Waals surface area contributed by atoms with Crippen LogP contribution in [0, 0.1) is 17.8 Å². The van der Waals surface area contributed by atoms with Crippen LogP contribution in [0.25, 0.3) is 0 Å². The van der Waals surface area contributed by atoms with Crippen molar-refractivity contribution in [2.75, 3.05) is 18.6 Å². The van der Waals surface area contributed by atoms with Crippen LogP contribution in [0.5, 0.6) is 0 Å². The Morgan fingerprint density at radius 2 is 1.88 bits per heavy atom. The zero-order valence-corrected chi connectivity index (χ0v) is 12.4. The van der Waals surface area contributed by atoms with Gasteiger partial charge in [-0.1, -0.05) is 20.8 Å². The Morgan fingerprint density at radius 3 is 2.29 bits per heavy atom. The topological polar surface area (TPSA) is 46.2 Å². The van der Waals surface area contributed by atoms with E-state index < -0.39 is 9.84 Å². The molecule has 1 heterocycles. The van der Waals surface area contributed by atoms with Crippen LogP contribution in [-0.2, 0) is 9.84 Å². The fourth-order valence-corrected chi connectivity index (χ4v) is 4.90. The third-order valence-electron chi connectivity index (χ3n) is 3.74. The Balaban J connectivity index is 2.49. The normalized spacial score (nSPS) is 27.2. The fraction of sp³-hybridized carbons (Fsp3) is 1.00. The highest BCUT2D eigenvalue weighted by atomic mass is 32.2. The molecular weight excluding hydrogens is 234 g/mol. The third kappa shape index (κ3) is 4.96. The van der Waals surface area contributed by atoms with Crippen LogP contribution in [0.1, 0.15) is 40.0 Å². The van der Waals surface area contributed by atoms with Crippen molar-refractivity contribution in [1.82, 2.24) is 5.32 Å². The molecule has 1 aliphatic rings. The average molecular weight is 261 g/mol. The van der Waals surface area contributed by atoms with E-state index in [2.05, 4.69) is 26.1 Å². The summed E-state index contributed by atoms with van der Waals surface area (Å²) < 4.78 is 23.0. The van der Waals surface area contributed by atoms with Gasteiger partial charge in [-0.05, 0) is 44.1 Å². The van der Waals surface area contributed by atoms with Crippen LogP contribution in [0.2, 0.25) is 0 Å². The minimum atomic E-state index is -2.75. The van der Waals surface area contributed by atoms with E-state index in [4.69, 9.17) is 0 Å². The van der Waals surface area contributed by atoms with Crippen LogP contribution < -0.4 is 5.32 Å². The van der Waals surface area contributed by atoms with E-state index in [1.54, 1.807) is 0 Å². The maximum Gasteiger partial charge on any atom is 0.150 e. The molecule has 1 rings (SSSR count). The molecule has 0 aliphatic carbocycles. The number of rotatable bonds is 6. The second kappa shape index (κ2) is 6.19. The number of hydrogen-bond acceptors (Lipinski definition) is 3. The molecular formula is C13H27NO2S. The van der Waals surface area contributed by atoms with E-state index >= 15 is 0 Å². The highest BCUT2D eigenvalue weighted by Crippen LogP contribution is 2.27. The van der Waals surface area contributed by atoms with Gasteiger partial charge in [-0.3, -0.25) is 0 Å². The second-order valence-corrected chi connectivity index (χ2v) is 8.26. The molecule has 1 N–H and O–H groups in total. The van der Waals surface area contributed by atoms with Gasteiger partial charge in [0.25, 0.3) is 0 Å². The van der Waals surface area contributed by atoms with E-state index in [-0.39, 0.29) is 0 Å². The summed E-state index contributed by atoms with van der Waals surface area (Å²) in [5.74, 6) is 2.46. The summed E-state index contributed by atoms with van der Waals surface area (Å²) in [6.07, 6.45) is 3.15. The van der Waals surface area contributed by atoms with Gasteiger partial charge >= 0.3 is 0 Å². The van der Waals surface area contributed by atoms with Crippen molar-refractivity contribution in [2.24, 2.45) is 17.8 Å². The van der Waals surface area contributed by atoms with Crippen LogP contribution in [0.15, 0.2) is 0 Å². The van der Waals surface area contributed by atoms with E-state index in [1.807, 2.05) is 7.05 Å². The molecule has 0 aromatic rings. The highest BCUT2D eigenvalue weighted by Gasteiger charge is 2.33. The molecule has 1 fully saturated rings. The summed E-state index contributed by atoms with van der Waals surface area (Å²) in [5, 5.41) is 3.32. The highest BCUT2D eigenvalue weighted by molar-refractivity contribution is 7.91. The molecule has 3 atom stereocenters. The maximum absolute atomic E-state index is 11.5. The lowest BCUT2D eigenvalue weighted by molar-refractivity contribution is 0.306. The lowest BCUT2D eigenvalue weighted by Crippen LogP contribution is -2.36. The predicted molar refractivity (Wildman–Crippen MR) is 72.8 cm³/mol. The van der Waals surface area contributed by atoms with Gasteiger partial charge in [0.05, 0.1) is 11.5 Å². The zero-order valence-electron chi connectivity index (χ0n) is 11.6. The van der Waals surface area contributed by atoms with Gasteiger partial charge in [-0.2, -0.15) is 0 Å². The molecule has 0 amide bonds. The first-order valence-electron chi connectivity index (χ1n) is 6.71. The first-order chi connectivity index (χ1) is 7.84. The quantitative estimate of drug-likeness (QED) is 0.796. The van der Waals surface area contributed by atoms with E-state index in [1.165, 1.54) is 6.42 Å². The monoisotopic (exact) mass is 261 g/mol. The summed E-state index contributed by atoms with van der Waals surface area (Å²) in [6.45, 7) is 6.75. The largest absolute Gasteiger partial charge is 0.317 e. The molecule has 1 saturated heterocycles. The zero-order chi connectivity index (χ0) is 13.1. The smallest absolute Gasteiger partial charge is 0.150 e. The van der Waals surface area contributed by atoms with Gasteiger partial charge in [0.2, 0.25) is 0 Å². The average Bonchev–Trinajstić information content (AvgIpc) is 2.54. The van der Waals surface area contributed by atoms with Crippen molar-refractivity contribution in [2.45, 2.75) is 46.1 Å². The van der Waals surface area contributed by atoms with Crippen molar-refractivity contribution >= 4 is 9.84 Å². The van der Waals surface area contributed by atoms with Gasteiger partial charge in [-0.25, -0.2) is 8.42 Å². The van der Waals surface area contributed by atoms with Crippen molar-refractivity contribution in [1.29, 1.82) is 0 Å². The van der Waals surface area contributed by atoms with Crippen LogP contribution >= 0.6 is 0 Å². The van der Waals surface area contributed by atoms with Gasteiger partial charge < -0.3 is 5.32 Å². The SMILES string of the molecule is CNC(CC(C)CC(C)C)C1CCS(=O)(=O)C1. The van der Waals surface area contributed by atoms with Gasteiger partial charge in [0, 0.05) is 6.04 Å². The molecule has 0 radical (unpaired) electrons. The van der Waals surface area contributed by atoms with Crippen molar-refractivity contribution in [3.63, 3.8) is 0 Å². The Morgan fingerprint density at radius 1 is 1.24 bits per heavy atom. The van der Waals surface area contributed by atoms with Crippen LogP contribution in [0.4, 0.5) is 0 Å². The molecule has 17 heavy (non-hydrogen) atoms. The molecule has 0 aromatic carbocycles. The molecule has 4 heteroatoms. The first-order valence-corrected chi connectivity index (χ1v) is 8.54.